The maximum atomic E-state index is 2.43. The van der Waals surface area contributed by atoms with Crippen molar-refractivity contribution in [3.05, 3.63) is 35.9 Å². The first kappa shape index (κ1) is 13.0. The monoisotopic (exact) mass is 317 g/mol. The molecule has 1 aromatic carbocycles. The second-order valence-corrected chi connectivity index (χ2v) is 4.44. The Kier molecular flexibility index (Phi) is 5.61. The third-order valence-electron chi connectivity index (χ3n) is 3.21. The Balaban J connectivity index is 0.00000112. The second kappa shape index (κ2) is 6.48. The number of nitrogens with zero attached hydrogens (tertiary/aromatic N) is 1. The van der Waals surface area contributed by atoms with Crippen LogP contribution in [-0.2, 0) is 6.42 Å². The molecule has 1 aliphatic rings. The van der Waals surface area contributed by atoms with E-state index in [4.69, 9.17) is 0 Å². The molecule has 0 radical (unpaired) electrons. The van der Waals surface area contributed by atoms with Crippen molar-refractivity contribution in [2.24, 2.45) is 5.92 Å². The Bertz CT molecular complexity index is 265. The number of hydrogen-bond acceptors (Lipinski definition) is 1. The molecule has 0 N–H and O–H groups in total. The molecule has 0 atom stereocenters. The van der Waals surface area contributed by atoms with Crippen molar-refractivity contribution >= 4 is 24.0 Å². The van der Waals surface area contributed by atoms with Gasteiger partial charge in [0.2, 0.25) is 0 Å². The van der Waals surface area contributed by atoms with Gasteiger partial charge in [-0.05, 0) is 50.9 Å². The number of halogens is 1. The van der Waals surface area contributed by atoms with Crippen LogP contribution in [0.5, 0.6) is 0 Å². The lowest BCUT2D eigenvalue weighted by Crippen LogP contribution is -2.30. The minimum absolute atomic E-state index is 0. The highest BCUT2D eigenvalue weighted by molar-refractivity contribution is 14.0. The van der Waals surface area contributed by atoms with Crippen LogP contribution in [0.3, 0.4) is 0 Å². The lowest BCUT2D eigenvalue weighted by Gasteiger charge is -2.28. The first-order valence-electron chi connectivity index (χ1n) is 5.57. The van der Waals surface area contributed by atoms with Gasteiger partial charge >= 0.3 is 0 Å². The van der Waals surface area contributed by atoms with Crippen LogP contribution in [0.2, 0.25) is 0 Å². The Morgan fingerprint density at radius 3 is 2.33 bits per heavy atom. The first-order valence-corrected chi connectivity index (χ1v) is 5.57. The average Bonchev–Trinajstić information content (AvgIpc) is 2.23. The van der Waals surface area contributed by atoms with E-state index in [9.17, 15) is 0 Å². The molecule has 1 aromatic rings. The summed E-state index contributed by atoms with van der Waals surface area (Å²) in [4.78, 5) is 2.43. The summed E-state index contributed by atoms with van der Waals surface area (Å²) in [5, 5.41) is 0. The summed E-state index contributed by atoms with van der Waals surface area (Å²) in [6.07, 6.45) is 4.01. The van der Waals surface area contributed by atoms with E-state index < -0.39 is 0 Å². The molecule has 2 rings (SSSR count). The predicted octanol–water partition coefficient (Wildman–Crippen LogP) is 3.19. The molecular weight excluding hydrogens is 297 g/mol. The predicted molar refractivity (Wildman–Crippen MR) is 75.8 cm³/mol. The first-order chi connectivity index (χ1) is 6.84. The van der Waals surface area contributed by atoms with Crippen molar-refractivity contribution in [1.82, 2.24) is 4.90 Å². The van der Waals surface area contributed by atoms with Gasteiger partial charge in [0, 0.05) is 0 Å². The molecule has 1 saturated heterocycles. The lowest BCUT2D eigenvalue weighted by molar-refractivity contribution is 0.219. The molecular formula is C13H20IN. The average molecular weight is 317 g/mol. The third kappa shape index (κ3) is 4.11. The van der Waals surface area contributed by atoms with Gasteiger partial charge in [-0.3, -0.25) is 0 Å². The van der Waals surface area contributed by atoms with E-state index in [1.54, 1.807) is 0 Å². The molecule has 0 saturated carbocycles. The minimum Gasteiger partial charge on any atom is -0.306 e. The summed E-state index contributed by atoms with van der Waals surface area (Å²) in [5.74, 6) is 0.911. The van der Waals surface area contributed by atoms with Gasteiger partial charge in [-0.1, -0.05) is 30.3 Å². The van der Waals surface area contributed by atoms with Gasteiger partial charge in [0.05, 0.1) is 0 Å². The topological polar surface area (TPSA) is 3.24 Å². The highest BCUT2D eigenvalue weighted by atomic mass is 127. The van der Waals surface area contributed by atoms with Crippen LogP contribution in [0.4, 0.5) is 0 Å². The molecule has 0 aliphatic carbocycles. The zero-order chi connectivity index (χ0) is 9.80. The van der Waals surface area contributed by atoms with Crippen molar-refractivity contribution in [3.8, 4) is 0 Å². The van der Waals surface area contributed by atoms with E-state index in [1.807, 2.05) is 0 Å². The van der Waals surface area contributed by atoms with Crippen molar-refractivity contribution in [1.29, 1.82) is 0 Å². The van der Waals surface area contributed by atoms with Crippen molar-refractivity contribution in [2.45, 2.75) is 19.3 Å². The van der Waals surface area contributed by atoms with Gasteiger partial charge < -0.3 is 4.90 Å². The van der Waals surface area contributed by atoms with Gasteiger partial charge in [0.1, 0.15) is 0 Å². The molecule has 2 heteroatoms. The normalized spacial score (nSPS) is 18.5. The summed E-state index contributed by atoms with van der Waals surface area (Å²) in [5.41, 5.74) is 1.50. The van der Waals surface area contributed by atoms with E-state index in [-0.39, 0.29) is 24.0 Å². The Labute approximate surface area is 110 Å². The van der Waals surface area contributed by atoms with Crippen LogP contribution >= 0.6 is 24.0 Å². The molecule has 0 bridgehead atoms. The molecule has 15 heavy (non-hydrogen) atoms. The molecule has 0 aromatic heterocycles. The quantitative estimate of drug-likeness (QED) is 0.757. The minimum atomic E-state index is 0. The second-order valence-electron chi connectivity index (χ2n) is 4.44. The molecule has 1 fully saturated rings. The van der Waals surface area contributed by atoms with Crippen molar-refractivity contribution in [2.75, 3.05) is 20.1 Å². The van der Waals surface area contributed by atoms with Crippen molar-refractivity contribution < 1.29 is 0 Å². The summed E-state index contributed by atoms with van der Waals surface area (Å²) >= 11 is 0. The SMILES string of the molecule is CN1CCC(Cc2ccccc2)CC1.I. The van der Waals surface area contributed by atoms with Crippen LogP contribution in [0, 0.1) is 5.92 Å². The van der Waals surface area contributed by atoms with E-state index in [0.29, 0.717) is 0 Å². The number of rotatable bonds is 2. The zero-order valence-corrected chi connectivity index (χ0v) is 11.7. The van der Waals surface area contributed by atoms with Crippen LogP contribution < -0.4 is 0 Å². The number of piperidine rings is 1. The zero-order valence-electron chi connectivity index (χ0n) is 9.36. The smallest absolute Gasteiger partial charge is 0.00190 e. The molecule has 1 heterocycles. The molecule has 0 amide bonds. The molecule has 1 nitrogen and oxygen atoms in total. The summed E-state index contributed by atoms with van der Waals surface area (Å²) < 4.78 is 0. The summed E-state index contributed by atoms with van der Waals surface area (Å²) in [6.45, 7) is 2.55. The molecule has 1 aliphatic heterocycles. The lowest BCUT2D eigenvalue weighted by atomic mass is 9.90. The van der Waals surface area contributed by atoms with E-state index >= 15 is 0 Å². The van der Waals surface area contributed by atoms with Crippen LogP contribution in [0.25, 0.3) is 0 Å². The van der Waals surface area contributed by atoms with Gasteiger partial charge in [-0.25, -0.2) is 0 Å². The number of likely N-dealkylation sites (tertiary alicyclic amines) is 1. The Morgan fingerprint density at radius 1 is 1.13 bits per heavy atom. The highest BCUT2D eigenvalue weighted by Gasteiger charge is 2.16. The van der Waals surface area contributed by atoms with Crippen LogP contribution in [0.15, 0.2) is 30.3 Å². The number of hydrogen-bond donors (Lipinski definition) is 0. The maximum absolute atomic E-state index is 2.43. The van der Waals surface area contributed by atoms with E-state index in [2.05, 4.69) is 42.3 Å². The van der Waals surface area contributed by atoms with Gasteiger partial charge in [-0.2, -0.15) is 0 Å². The Morgan fingerprint density at radius 2 is 1.73 bits per heavy atom. The Hall–Kier alpha value is -0.0900. The van der Waals surface area contributed by atoms with Gasteiger partial charge in [0.25, 0.3) is 0 Å². The van der Waals surface area contributed by atoms with Crippen molar-refractivity contribution in [3.63, 3.8) is 0 Å². The van der Waals surface area contributed by atoms with Gasteiger partial charge in [-0.15, -0.1) is 24.0 Å². The fraction of sp³-hybridized carbons (Fsp3) is 0.538. The van der Waals surface area contributed by atoms with Crippen LogP contribution in [0.1, 0.15) is 18.4 Å². The highest BCUT2D eigenvalue weighted by Crippen LogP contribution is 2.20. The fourth-order valence-electron chi connectivity index (χ4n) is 2.21. The van der Waals surface area contributed by atoms with Crippen LogP contribution in [-0.4, -0.2) is 25.0 Å². The maximum Gasteiger partial charge on any atom is -0.00190 e. The van der Waals surface area contributed by atoms with E-state index in [0.717, 1.165) is 5.92 Å². The van der Waals surface area contributed by atoms with E-state index in [1.165, 1.54) is 37.9 Å². The summed E-state index contributed by atoms with van der Waals surface area (Å²) in [6, 6.07) is 10.9. The molecule has 84 valence electrons. The standard InChI is InChI=1S/C13H19N.HI/c1-14-9-7-13(8-10-14)11-12-5-3-2-4-6-12;/h2-6,13H,7-11H2,1H3;1H. The molecule has 0 spiro atoms. The third-order valence-corrected chi connectivity index (χ3v) is 3.21. The molecule has 0 unspecified atom stereocenters. The summed E-state index contributed by atoms with van der Waals surface area (Å²) in [7, 11) is 2.22. The van der Waals surface area contributed by atoms with Gasteiger partial charge in [0.15, 0.2) is 0 Å². The fourth-order valence-corrected chi connectivity index (χ4v) is 2.21. The largest absolute Gasteiger partial charge is 0.306 e. The number of benzene rings is 1.